The van der Waals surface area contributed by atoms with E-state index in [0.717, 1.165) is 18.4 Å². The molecule has 0 amide bonds. The van der Waals surface area contributed by atoms with Crippen LogP contribution in [0, 0.1) is 0 Å². The fourth-order valence-corrected chi connectivity index (χ4v) is 1.86. The zero-order valence-corrected chi connectivity index (χ0v) is 11.0. The zero-order valence-electron chi connectivity index (χ0n) is 10.3. The summed E-state index contributed by atoms with van der Waals surface area (Å²) in [5, 5.41) is 4.66. The molecular formula is C13H16ClN3O. The smallest absolute Gasteiger partial charge is 0.226 e. The SMILES string of the molecule is CC(N)CCc1nc(Cc2cccc(Cl)c2)no1. The Balaban J connectivity index is 1.98. The van der Waals surface area contributed by atoms with Crippen molar-refractivity contribution < 1.29 is 4.52 Å². The lowest BCUT2D eigenvalue weighted by molar-refractivity contribution is 0.368. The molecule has 2 N–H and O–H groups in total. The van der Waals surface area contributed by atoms with Crippen LogP contribution in [0.15, 0.2) is 28.8 Å². The van der Waals surface area contributed by atoms with E-state index in [0.29, 0.717) is 23.2 Å². The van der Waals surface area contributed by atoms with Crippen molar-refractivity contribution in [1.29, 1.82) is 0 Å². The summed E-state index contributed by atoms with van der Waals surface area (Å²) in [4.78, 5) is 4.33. The summed E-state index contributed by atoms with van der Waals surface area (Å²) in [5.41, 5.74) is 6.75. The van der Waals surface area contributed by atoms with Crippen LogP contribution in [0.5, 0.6) is 0 Å². The average molecular weight is 266 g/mol. The van der Waals surface area contributed by atoms with Crippen molar-refractivity contribution in [3.05, 3.63) is 46.6 Å². The van der Waals surface area contributed by atoms with Crippen LogP contribution in [0.2, 0.25) is 5.02 Å². The Morgan fingerprint density at radius 3 is 3.00 bits per heavy atom. The second-order valence-corrected chi connectivity index (χ2v) is 4.86. The molecule has 4 nitrogen and oxygen atoms in total. The van der Waals surface area contributed by atoms with Gasteiger partial charge >= 0.3 is 0 Å². The number of hydrogen-bond acceptors (Lipinski definition) is 4. The van der Waals surface area contributed by atoms with Crippen molar-refractivity contribution in [2.45, 2.75) is 32.2 Å². The number of hydrogen-bond donors (Lipinski definition) is 1. The predicted molar refractivity (Wildman–Crippen MR) is 70.5 cm³/mol. The third-order valence-corrected chi connectivity index (χ3v) is 2.81. The molecular weight excluding hydrogens is 250 g/mol. The summed E-state index contributed by atoms with van der Waals surface area (Å²) >= 11 is 5.92. The molecule has 0 saturated carbocycles. The van der Waals surface area contributed by atoms with Gasteiger partial charge in [0.1, 0.15) is 0 Å². The van der Waals surface area contributed by atoms with Crippen molar-refractivity contribution in [2.75, 3.05) is 0 Å². The maximum Gasteiger partial charge on any atom is 0.226 e. The third-order valence-electron chi connectivity index (χ3n) is 2.57. The monoisotopic (exact) mass is 265 g/mol. The van der Waals surface area contributed by atoms with Crippen LogP contribution in [-0.2, 0) is 12.8 Å². The van der Waals surface area contributed by atoms with Gasteiger partial charge in [-0.15, -0.1) is 0 Å². The highest BCUT2D eigenvalue weighted by Gasteiger charge is 2.08. The van der Waals surface area contributed by atoms with Crippen molar-refractivity contribution in [2.24, 2.45) is 5.73 Å². The molecule has 0 fully saturated rings. The van der Waals surface area contributed by atoms with Crippen LogP contribution in [0.3, 0.4) is 0 Å². The molecule has 1 aromatic heterocycles. The number of nitrogens with two attached hydrogens (primary N) is 1. The van der Waals surface area contributed by atoms with E-state index in [2.05, 4.69) is 10.1 Å². The number of rotatable bonds is 5. The van der Waals surface area contributed by atoms with Crippen LogP contribution < -0.4 is 5.73 Å². The van der Waals surface area contributed by atoms with Crippen molar-refractivity contribution in [1.82, 2.24) is 10.1 Å². The van der Waals surface area contributed by atoms with Crippen LogP contribution in [0.1, 0.15) is 30.6 Å². The Hall–Kier alpha value is -1.39. The molecule has 0 aliphatic carbocycles. The molecule has 0 spiro atoms. The highest BCUT2D eigenvalue weighted by atomic mass is 35.5. The lowest BCUT2D eigenvalue weighted by Gasteiger charge is -1.99. The van der Waals surface area contributed by atoms with Crippen LogP contribution >= 0.6 is 11.6 Å². The molecule has 1 aromatic carbocycles. The Kier molecular flexibility index (Phi) is 4.33. The molecule has 96 valence electrons. The van der Waals surface area contributed by atoms with E-state index in [1.54, 1.807) is 0 Å². The van der Waals surface area contributed by atoms with E-state index < -0.39 is 0 Å². The summed E-state index contributed by atoms with van der Waals surface area (Å²) < 4.78 is 5.17. The standard InChI is InChI=1S/C13H16ClN3O/c1-9(15)5-6-13-16-12(17-18-13)8-10-3-2-4-11(14)7-10/h2-4,7,9H,5-6,8,15H2,1H3. The summed E-state index contributed by atoms with van der Waals surface area (Å²) in [7, 11) is 0. The van der Waals surface area contributed by atoms with E-state index in [1.807, 2.05) is 31.2 Å². The van der Waals surface area contributed by atoms with Gasteiger partial charge in [-0.25, -0.2) is 0 Å². The van der Waals surface area contributed by atoms with E-state index in [1.165, 1.54) is 0 Å². The number of aryl methyl sites for hydroxylation is 1. The number of aromatic nitrogens is 2. The minimum atomic E-state index is 0.147. The topological polar surface area (TPSA) is 64.9 Å². The molecule has 1 unspecified atom stereocenters. The highest BCUT2D eigenvalue weighted by Crippen LogP contribution is 2.13. The summed E-state index contributed by atoms with van der Waals surface area (Å²) in [6.07, 6.45) is 2.20. The molecule has 1 atom stereocenters. The van der Waals surface area contributed by atoms with Gasteiger partial charge in [-0.1, -0.05) is 28.9 Å². The minimum absolute atomic E-state index is 0.147. The van der Waals surface area contributed by atoms with Gasteiger partial charge in [-0.3, -0.25) is 0 Å². The van der Waals surface area contributed by atoms with Crippen LogP contribution in [0.25, 0.3) is 0 Å². The maximum atomic E-state index is 5.92. The molecule has 0 saturated heterocycles. The molecule has 2 aromatic rings. The molecule has 0 aliphatic heterocycles. The van der Waals surface area contributed by atoms with Gasteiger partial charge in [-0.05, 0) is 31.0 Å². The predicted octanol–water partition coefficient (Wildman–Crippen LogP) is 2.59. The Morgan fingerprint density at radius 1 is 1.44 bits per heavy atom. The van der Waals surface area contributed by atoms with Gasteiger partial charge < -0.3 is 10.3 Å². The van der Waals surface area contributed by atoms with Gasteiger partial charge in [0.25, 0.3) is 0 Å². The Labute approximate surface area is 111 Å². The fourth-order valence-electron chi connectivity index (χ4n) is 1.64. The van der Waals surface area contributed by atoms with E-state index in [-0.39, 0.29) is 6.04 Å². The highest BCUT2D eigenvalue weighted by molar-refractivity contribution is 6.30. The Morgan fingerprint density at radius 2 is 2.28 bits per heavy atom. The van der Waals surface area contributed by atoms with Crippen LogP contribution in [0.4, 0.5) is 0 Å². The van der Waals surface area contributed by atoms with Gasteiger partial charge in [0, 0.05) is 23.9 Å². The van der Waals surface area contributed by atoms with Gasteiger partial charge in [0.15, 0.2) is 5.82 Å². The van der Waals surface area contributed by atoms with Crippen molar-refractivity contribution in [3.63, 3.8) is 0 Å². The summed E-state index contributed by atoms with van der Waals surface area (Å²) in [5.74, 6) is 1.32. The average Bonchev–Trinajstić information content (AvgIpc) is 2.74. The molecule has 0 radical (unpaired) electrons. The molecule has 2 rings (SSSR count). The first-order valence-corrected chi connectivity index (χ1v) is 6.33. The molecule has 1 heterocycles. The second-order valence-electron chi connectivity index (χ2n) is 4.43. The zero-order chi connectivity index (χ0) is 13.0. The maximum absolute atomic E-state index is 5.92. The summed E-state index contributed by atoms with van der Waals surface area (Å²) in [6.45, 7) is 1.96. The molecule has 0 bridgehead atoms. The third kappa shape index (κ3) is 3.82. The van der Waals surface area contributed by atoms with Crippen molar-refractivity contribution >= 4 is 11.6 Å². The lowest BCUT2D eigenvalue weighted by Crippen LogP contribution is -2.15. The lowest BCUT2D eigenvalue weighted by atomic mass is 10.1. The minimum Gasteiger partial charge on any atom is -0.339 e. The number of benzene rings is 1. The number of halogens is 1. The van der Waals surface area contributed by atoms with E-state index in [4.69, 9.17) is 21.9 Å². The Bertz CT molecular complexity index is 510. The first kappa shape index (κ1) is 13.1. The second kappa shape index (κ2) is 5.98. The van der Waals surface area contributed by atoms with Crippen LogP contribution in [-0.4, -0.2) is 16.2 Å². The quantitative estimate of drug-likeness (QED) is 0.902. The van der Waals surface area contributed by atoms with Crippen molar-refractivity contribution in [3.8, 4) is 0 Å². The van der Waals surface area contributed by atoms with E-state index in [9.17, 15) is 0 Å². The normalized spacial score (nSPS) is 12.6. The van der Waals surface area contributed by atoms with Gasteiger partial charge in [0.05, 0.1) is 0 Å². The largest absolute Gasteiger partial charge is 0.339 e. The molecule has 0 aliphatic rings. The number of nitrogens with zero attached hydrogens (tertiary/aromatic N) is 2. The van der Waals surface area contributed by atoms with Gasteiger partial charge in [0.2, 0.25) is 5.89 Å². The van der Waals surface area contributed by atoms with E-state index >= 15 is 0 Å². The fraction of sp³-hybridized carbons (Fsp3) is 0.385. The summed E-state index contributed by atoms with van der Waals surface area (Å²) in [6, 6.07) is 7.79. The first-order chi connectivity index (χ1) is 8.63. The molecule has 18 heavy (non-hydrogen) atoms. The molecule has 5 heteroatoms. The first-order valence-electron chi connectivity index (χ1n) is 5.95. The van der Waals surface area contributed by atoms with Gasteiger partial charge in [-0.2, -0.15) is 4.98 Å².